The van der Waals surface area contributed by atoms with Crippen LogP contribution in [0.4, 0.5) is 0 Å². The molecule has 0 aliphatic heterocycles. The van der Waals surface area contributed by atoms with Gasteiger partial charge in [-0.25, -0.2) is 23.8 Å². The fourth-order valence-electron chi connectivity index (χ4n) is 0. The van der Waals surface area contributed by atoms with Crippen LogP contribution >= 0.6 is 31.2 Å². The Kier molecular flexibility index (Phi) is 15.8. The molecule has 0 heterocycles. The lowest BCUT2D eigenvalue weighted by molar-refractivity contribution is 0.272. The summed E-state index contributed by atoms with van der Waals surface area (Å²) in [6.45, 7) is 0. The lowest BCUT2D eigenvalue weighted by Crippen LogP contribution is -1.87. The second-order valence-corrected chi connectivity index (χ2v) is 6.39. The van der Waals surface area contributed by atoms with Crippen molar-refractivity contribution >= 4 is 31.2 Å². The molecule has 0 unspecified atom stereocenters. The Hall–Kier alpha value is 0.440. The van der Waals surface area contributed by atoms with Crippen LogP contribution in [0.2, 0.25) is 0 Å². The summed E-state index contributed by atoms with van der Waals surface area (Å²) < 4.78 is 35.8. The lowest BCUT2D eigenvalue weighted by atomic mass is 13.9. The maximum Gasteiger partial charge on any atom is 0.466 e. The number of phosphoric acid groups is 3. The zero-order valence-electron chi connectivity index (χ0n) is 8.92. The quantitative estimate of drug-likeness (QED) is 0.176. The summed E-state index contributed by atoms with van der Waals surface area (Å²) in [4.78, 5) is 79.5. The summed E-state index contributed by atoms with van der Waals surface area (Å²) in [7, 11) is -18.1. The van der Waals surface area contributed by atoms with Crippen molar-refractivity contribution in [3.8, 4) is 0 Å². The van der Waals surface area contributed by atoms with Gasteiger partial charge in [-0.2, -0.15) is 0 Å². The van der Waals surface area contributed by atoms with Crippen molar-refractivity contribution < 1.29 is 72.1 Å². The van der Waals surface area contributed by atoms with Gasteiger partial charge in [0.1, 0.15) is 0 Å². The normalized spacial score (nSPS) is 11.8. The third-order valence-corrected chi connectivity index (χ3v) is 0. The fraction of sp³-hybridized carbons (Fsp3) is 0. The van der Waals surface area contributed by atoms with Crippen molar-refractivity contribution in [2.45, 2.75) is 0 Å². The van der Waals surface area contributed by atoms with Crippen LogP contribution in [-0.4, -0.2) is 53.8 Å². The molecule has 128 valence electrons. The molecule has 0 aliphatic carbocycles. The van der Waals surface area contributed by atoms with Gasteiger partial charge in [-0.3, -0.25) is 0 Å². The molecular weight excluding hydrogens is 378 g/mol. The van der Waals surface area contributed by atoms with Gasteiger partial charge in [-0.1, -0.05) is 0 Å². The lowest BCUT2D eigenvalue weighted by Gasteiger charge is -1.84. The molecule has 20 heteroatoms. The molecule has 0 saturated heterocycles. The molecular formula is H13NO15P4. The predicted molar refractivity (Wildman–Crippen MR) is 59.0 cm³/mol. The molecule has 0 fully saturated rings. The monoisotopic (exact) mass is 391 g/mol. The van der Waals surface area contributed by atoms with Crippen molar-refractivity contribution in [2.24, 2.45) is 5.50 Å². The molecule has 0 saturated carbocycles. The molecule has 0 aromatic carbocycles. The first-order valence-corrected chi connectivity index (χ1v) is 9.57. The van der Waals surface area contributed by atoms with Crippen molar-refractivity contribution in [3.05, 3.63) is 0 Å². The Labute approximate surface area is 110 Å². The molecule has 0 aliphatic rings. The van der Waals surface area contributed by atoms with Crippen molar-refractivity contribution in [3.63, 3.8) is 0 Å². The van der Waals surface area contributed by atoms with Gasteiger partial charge in [0.25, 0.3) is 0 Å². The van der Waals surface area contributed by atoms with Crippen LogP contribution in [0.3, 0.4) is 0 Å². The summed E-state index contributed by atoms with van der Waals surface area (Å²) in [5, 5.41) is 0. The van der Waals surface area contributed by atoms with Gasteiger partial charge >= 0.3 is 31.2 Å². The smallest absolute Gasteiger partial charge is 0.313 e. The van der Waals surface area contributed by atoms with E-state index in [1.165, 1.54) is 0 Å². The van der Waals surface area contributed by atoms with Gasteiger partial charge in [-0.15, -0.1) is 0 Å². The summed E-state index contributed by atoms with van der Waals surface area (Å²) >= 11 is 0. The number of hydrogen-bond acceptors (Lipinski definition) is 4. The molecule has 0 aromatic heterocycles. The highest BCUT2D eigenvalue weighted by atomic mass is 31.2. The van der Waals surface area contributed by atoms with Gasteiger partial charge in [0.2, 0.25) is 0 Å². The molecule has 20 heavy (non-hydrogen) atoms. The van der Waals surface area contributed by atoms with Crippen LogP contribution < -0.4 is 5.50 Å². The highest BCUT2D eigenvalue weighted by Gasteiger charge is 2.01. The molecule has 0 bridgehead atoms. The molecule has 16 nitrogen and oxygen atoms in total. The Morgan fingerprint density at radius 1 is 0.450 bits per heavy atom. The summed E-state index contributed by atoms with van der Waals surface area (Å²) in [5.74, 6) is 0. The van der Waals surface area contributed by atoms with E-state index in [9.17, 15) is 0 Å². The van der Waals surface area contributed by atoms with Crippen LogP contribution in [0.1, 0.15) is 0 Å². The molecule has 0 rings (SSSR count). The predicted octanol–water partition coefficient (Wildman–Crippen LogP) is -3.75. The Morgan fingerprint density at radius 3 is 0.450 bits per heavy atom. The molecule has 0 radical (unpaired) electrons. The van der Waals surface area contributed by atoms with Crippen LogP contribution in [-0.2, 0) is 18.3 Å². The maximum atomic E-state index is 9.10. The second-order valence-electron chi connectivity index (χ2n) is 2.13. The standard InChI is InChI=1S/H4NO3P.3H3O4P/c4*1-5(2,3)4/h(H4,1,2,3,4);3*(H3,1,2,3,4). The van der Waals surface area contributed by atoms with Crippen molar-refractivity contribution in [2.75, 3.05) is 0 Å². The third kappa shape index (κ3) is 29000. The number of rotatable bonds is 0. The molecule has 0 atom stereocenters. The van der Waals surface area contributed by atoms with Crippen molar-refractivity contribution in [1.29, 1.82) is 0 Å². The van der Waals surface area contributed by atoms with Gasteiger partial charge in [0, 0.05) is 0 Å². The van der Waals surface area contributed by atoms with Gasteiger partial charge in [0.05, 0.1) is 0 Å². The highest BCUT2D eigenvalue weighted by molar-refractivity contribution is 7.49. The maximum absolute atomic E-state index is 9.10. The van der Waals surface area contributed by atoms with Crippen LogP contribution in [0.5, 0.6) is 0 Å². The molecule has 13 N–H and O–H groups in total. The second kappa shape index (κ2) is 11.1. The fourth-order valence-corrected chi connectivity index (χ4v) is 0. The Balaban J connectivity index is -0.0000000853. The largest absolute Gasteiger partial charge is 0.466 e. The van der Waals surface area contributed by atoms with Crippen LogP contribution in [0.25, 0.3) is 0 Å². The van der Waals surface area contributed by atoms with Crippen LogP contribution in [0.15, 0.2) is 0 Å². The van der Waals surface area contributed by atoms with E-state index in [-0.39, 0.29) is 0 Å². The molecule has 0 aromatic rings. The SMILES string of the molecule is NP(=O)(O)O.O=P(O)(O)O.O=P(O)(O)O.O=P(O)(O)O. The topological polar surface area (TPSA) is 317 Å². The van der Waals surface area contributed by atoms with Crippen molar-refractivity contribution in [1.82, 2.24) is 0 Å². The molecule has 0 amide bonds. The van der Waals surface area contributed by atoms with E-state index in [1.807, 2.05) is 0 Å². The van der Waals surface area contributed by atoms with E-state index < -0.39 is 31.2 Å². The minimum absolute atomic E-state index is 4.02. The van der Waals surface area contributed by atoms with E-state index in [0.717, 1.165) is 0 Å². The van der Waals surface area contributed by atoms with Gasteiger partial charge in [-0.05, 0) is 0 Å². The Morgan fingerprint density at radius 2 is 0.450 bits per heavy atom. The first-order chi connectivity index (χ1) is 8.00. The zero-order chi connectivity index (χ0) is 18.0. The van der Waals surface area contributed by atoms with E-state index in [2.05, 4.69) is 5.50 Å². The minimum atomic E-state index is -4.64. The third-order valence-electron chi connectivity index (χ3n) is 0. The molecule has 0 spiro atoms. The van der Waals surface area contributed by atoms with Gasteiger partial charge in [0.15, 0.2) is 0 Å². The highest BCUT2D eigenvalue weighted by Crippen LogP contribution is 2.26. The first-order valence-electron chi connectivity index (χ1n) is 3.19. The van der Waals surface area contributed by atoms with E-state index in [0.29, 0.717) is 0 Å². The average molecular weight is 391 g/mol. The van der Waals surface area contributed by atoms with E-state index in [1.54, 1.807) is 0 Å². The number of nitrogens with two attached hydrogens (primary N) is 1. The van der Waals surface area contributed by atoms with Crippen LogP contribution in [0, 0.1) is 0 Å². The zero-order valence-corrected chi connectivity index (χ0v) is 12.5. The average Bonchev–Trinajstić information content (AvgIpc) is 1.62. The summed E-state index contributed by atoms with van der Waals surface area (Å²) in [6.07, 6.45) is 0. The van der Waals surface area contributed by atoms with E-state index >= 15 is 0 Å². The summed E-state index contributed by atoms with van der Waals surface area (Å²) in [6, 6.07) is 0. The first kappa shape index (κ1) is 28.6. The number of hydrogen-bond donors (Lipinski definition) is 12. The minimum Gasteiger partial charge on any atom is -0.313 e. The van der Waals surface area contributed by atoms with Gasteiger partial charge < -0.3 is 53.8 Å². The Bertz CT molecular complexity index is 285. The summed E-state index contributed by atoms with van der Waals surface area (Å²) in [5.41, 5.74) is 4.02. The van der Waals surface area contributed by atoms with E-state index in [4.69, 9.17) is 72.1 Å².